The molecule has 0 aromatic heterocycles. The number of carbonyl (C=O) groups is 1. The van der Waals surface area contributed by atoms with Gasteiger partial charge < -0.3 is 19.0 Å². The molecule has 1 N–H and O–H groups in total. The van der Waals surface area contributed by atoms with Gasteiger partial charge in [-0.2, -0.15) is 0 Å². The number of esters is 1. The van der Waals surface area contributed by atoms with Crippen LogP contribution in [0.15, 0.2) is 72.8 Å². The largest absolute Gasteiger partial charge is 0.469 e. The molecule has 0 aliphatic carbocycles. The smallest absolute Gasteiger partial charge is 0.308 e. The molecule has 0 unspecified atom stereocenters. The summed E-state index contributed by atoms with van der Waals surface area (Å²) in [5.41, 5.74) is 0. The molecule has 0 saturated heterocycles. The van der Waals surface area contributed by atoms with Gasteiger partial charge in [0.25, 0.3) is 8.32 Å². The van der Waals surface area contributed by atoms with Gasteiger partial charge in [0.2, 0.25) is 0 Å². The lowest BCUT2D eigenvalue weighted by molar-refractivity contribution is -0.146. The van der Waals surface area contributed by atoms with Gasteiger partial charge in [-0.1, -0.05) is 93.6 Å². The maximum Gasteiger partial charge on any atom is 0.308 e. The molecule has 0 spiro atoms. The van der Waals surface area contributed by atoms with Crippen LogP contribution in [0.25, 0.3) is 0 Å². The van der Waals surface area contributed by atoms with E-state index in [1.807, 2.05) is 36.4 Å². The molecule has 1 aliphatic heterocycles. The fourth-order valence-corrected chi connectivity index (χ4v) is 8.75. The fraction of sp³-hybridized carbons (Fsp3) is 0.400. The predicted octanol–water partition coefficient (Wildman–Crippen LogP) is 2.81. The highest BCUT2D eigenvalue weighted by Crippen LogP contribution is 2.37. The molecular formula is C25H32O5Si. The van der Waals surface area contributed by atoms with Crippen LogP contribution in [-0.4, -0.2) is 51.4 Å². The molecule has 3 atom stereocenters. The molecule has 1 heterocycles. The maximum atomic E-state index is 11.7. The summed E-state index contributed by atoms with van der Waals surface area (Å²) in [6.45, 7) is 6.84. The lowest BCUT2D eigenvalue weighted by Gasteiger charge is -2.44. The van der Waals surface area contributed by atoms with Crippen molar-refractivity contribution in [2.24, 2.45) is 0 Å². The van der Waals surface area contributed by atoms with Gasteiger partial charge in [-0.05, 0) is 15.4 Å². The summed E-state index contributed by atoms with van der Waals surface area (Å²) in [7, 11) is -1.38. The van der Waals surface area contributed by atoms with Crippen molar-refractivity contribution in [1.29, 1.82) is 0 Å². The first-order valence-corrected chi connectivity index (χ1v) is 12.5. The quantitative estimate of drug-likeness (QED) is 0.407. The average Bonchev–Trinajstić information content (AvgIpc) is 2.76. The van der Waals surface area contributed by atoms with E-state index in [9.17, 15) is 9.90 Å². The van der Waals surface area contributed by atoms with Gasteiger partial charge in [0.15, 0.2) is 0 Å². The van der Waals surface area contributed by atoms with E-state index in [1.54, 1.807) is 12.2 Å². The molecule has 2 aromatic carbocycles. The van der Waals surface area contributed by atoms with E-state index < -0.39 is 26.6 Å². The van der Waals surface area contributed by atoms with Crippen molar-refractivity contribution in [1.82, 2.24) is 0 Å². The van der Waals surface area contributed by atoms with Gasteiger partial charge in [-0.25, -0.2) is 0 Å². The molecule has 0 fully saturated rings. The molecule has 31 heavy (non-hydrogen) atoms. The van der Waals surface area contributed by atoms with Crippen LogP contribution in [0.2, 0.25) is 5.04 Å². The first kappa shape index (κ1) is 23.4. The molecule has 2 aromatic rings. The van der Waals surface area contributed by atoms with Gasteiger partial charge >= 0.3 is 5.97 Å². The van der Waals surface area contributed by atoms with Crippen LogP contribution >= 0.6 is 0 Å². The van der Waals surface area contributed by atoms with Crippen LogP contribution in [0.5, 0.6) is 0 Å². The molecule has 0 bridgehead atoms. The van der Waals surface area contributed by atoms with Crippen LogP contribution in [-0.2, 0) is 18.7 Å². The molecular weight excluding hydrogens is 408 g/mol. The van der Waals surface area contributed by atoms with E-state index in [4.69, 9.17) is 13.9 Å². The lowest BCUT2D eigenvalue weighted by atomic mass is 10.1. The molecule has 3 rings (SSSR count). The molecule has 0 radical (unpaired) electrons. The van der Waals surface area contributed by atoms with Crippen molar-refractivity contribution in [2.75, 3.05) is 13.7 Å². The Hall–Kier alpha value is -2.25. The Morgan fingerprint density at radius 3 is 2.03 bits per heavy atom. The number of carbonyl (C=O) groups excluding carboxylic acids is 1. The number of hydrogen-bond acceptors (Lipinski definition) is 5. The Morgan fingerprint density at radius 2 is 1.55 bits per heavy atom. The van der Waals surface area contributed by atoms with Crippen molar-refractivity contribution in [2.45, 2.75) is 50.5 Å². The molecule has 0 amide bonds. The SMILES string of the molecule is COC(=O)C[C@H]1C=C[C@@H](O)[C@@H](CO[Si](c2ccccc2)(c2ccccc2)C(C)(C)C)O1. The fourth-order valence-electron chi connectivity index (χ4n) is 4.18. The van der Waals surface area contributed by atoms with E-state index in [2.05, 4.69) is 45.0 Å². The van der Waals surface area contributed by atoms with Crippen LogP contribution in [0.3, 0.4) is 0 Å². The minimum Gasteiger partial charge on any atom is -0.469 e. The van der Waals surface area contributed by atoms with Crippen molar-refractivity contribution in [3.63, 3.8) is 0 Å². The number of aliphatic hydroxyl groups excluding tert-OH is 1. The first-order chi connectivity index (χ1) is 14.8. The summed E-state index contributed by atoms with van der Waals surface area (Å²) in [5, 5.41) is 12.7. The zero-order valence-corrected chi connectivity index (χ0v) is 19.7. The van der Waals surface area contributed by atoms with Crippen LogP contribution in [0.1, 0.15) is 27.2 Å². The summed E-state index contributed by atoms with van der Waals surface area (Å²) in [6.07, 6.45) is 1.68. The lowest BCUT2D eigenvalue weighted by Crippen LogP contribution is -2.67. The van der Waals surface area contributed by atoms with Crippen LogP contribution in [0, 0.1) is 0 Å². The second-order valence-corrected chi connectivity index (χ2v) is 13.1. The van der Waals surface area contributed by atoms with Crippen molar-refractivity contribution in [3.05, 3.63) is 72.8 Å². The number of rotatable bonds is 7. The van der Waals surface area contributed by atoms with E-state index in [-0.39, 0.29) is 24.0 Å². The number of benzene rings is 2. The highest BCUT2D eigenvalue weighted by Gasteiger charge is 2.50. The zero-order valence-electron chi connectivity index (χ0n) is 18.7. The van der Waals surface area contributed by atoms with Gasteiger partial charge in [-0.3, -0.25) is 4.79 Å². The van der Waals surface area contributed by atoms with Gasteiger partial charge in [0.1, 0.15) is 12.2 Å². The molecule has 5 nitrogen and oxygen atoms in total. The van der Waals surface area contributed by atoms with Crippen molar-refractivity contribution < 1.29 is 23.8 Å². The van der Waals surface area contributed by atoms with E-state index >= 15 is 0 Å². The Labute approximate surface area is 185 Å². The minimum atomic E-state index is -2.73. The Bertz CT molecular complexity index is 836. The summed E-state index contributed by atoms with van der Waals surface area (Å²) < 4.78 is 17.6. The molecule has 1 aliphatic rings. The van der Waals surface area contributed by atoms with E-state index in [1.165, 1.54) is 17.5 Å². The van der Waals surface area contributed by atoms with Crippen molar-refractivity contribution in [3.8, 4) is 0 Å². The van der Waals surface area contributed by atoms with Gasteiger partial charge in [0.05, 0.1) is 26.2 Å². The highest BCUT2D eigenvalue weighted by atomic mass is 28.4. The maximum absolute atomic E-state index is 11.7. The zero-order chi connectivity index (χ0) is 22.5. The summed E-state index contributed by atoms with van der Waals surface area (Å²) in [4.78, 5) is 11.7. The van der Waals surface area contributed by atoms with E-state index in [0.29, 0.717) is 0 Å². The summed E-state index contributed by atoms with van der Waals surface area (Å²) in [6, 6.07) is 20.7. The van der Waals surface area contributed by atoms with Crippen LogP contribution in [0.4, 0.5) is 0 Å². The highest BCUT2D eigenvalue weighted by molar-refractivity contribution is 6.99. The summed E-state index contributed by atoms with van der Waals surface area (Å²) >= 11 is 0. The Balaban J connectivity index is 1.93. The Kier molecular flexibility index (Phi) is 7.49. The van der Waals surface area contributed by atoms with Crippen LogP contribution < -0.4 is 10.4 Å². The standard InChI is InChI=1S/C25H32O5Si/c1-25(2,3)31(20-11-7-5-8-12-20,21-13-9-6-10-14-21)29-18-23-22(26)16-15-19(30-23)17-24(27)28-4/h5-16,19,22-23,26H,17-18H2,1-4H3/t19-,22-,23-/m1/s1. The average molecular weight is 441 g/mol. The topological polar surface area (TPSA) is 65.0 Å². The first-order valence-electron chi connectivity index (χ1n) is 10.6. The summed E-state index contributed by atoms with van der Waals surface area (Å²) in [5.74, 6) is -0.349. The second kappa shape index (κ2) is 9.91. The molecule has 166 valence electrons. The van der Waals surface area contributed by atoms with Gasteiger partial charge in [-0.15, -0.1) is 0 Å². The molecule has 0 saturated carbocycles. The Morgan fingerprint density at radius 1 is 1.00 bits per heavy atom. The minimum absolute atomic E-state index is 0.107. The third kappa shape index (κ3) is 5.15. The van der Waals surface area contributed by atoms with Gasteiger partial charge in [0, 0.05) is 0 Å². The number of aliphatic hydroxyl groups is 1. The predicted molar refractivity (Wildman–Crippen MR) is 124 cm³/mol. The molecule has 6 heteroatoms. The number of ether oxygens (including phenoxy) is 2. The number of methoxy groups -OCH3 is 1. The second-order valence-electron chi connectivity index (χ2n) is 8.84. The van der Waals surface area contributed by atoms with E-state index in [0.717, 1.165) is 0 Å². The number of hydrogen-bond donors (Lipinski definition) is 1. The third-order valence-electron chi connectivity index (χ3n) is 5.73. The third-order valence-corrected chi connectivity index (χ3v) is 10.7. The van der Waals surface area contributed by atoms with Crippen molar-refractivity contribution >= 4 is 24.7 Å². The normalized spacial score (nSPS) is 21.6. The monoisotopic (exact) mass is 440 g/mol.